The average Bonchev–Trinajstić information content (AvgIpc) is 2.30. The van der Waals surface area contributed by atoms with Crippen LogP contribution in [0.15, 0.2) is 18.2 Å². The Labute approximate surface area is 115 Å². The summed E-state index contributed by atoms with van der Waals surface area (Å²) in [6.07, 6.45) is 0. The third-order valence-electron chi connectivity index (χ3n) is 2.92. The van der Waals surface area contributed by atoms with Crippen molar-refractivity contribution < 1.29 is 9.50 Å². The first-order valence-electron chi connectivity index (χ1n) is 6.73. The van der Waals surface area contributed by atoms with Gasteiger partial charge in [-0.25, -0.2) is 4.39 Å². The summed E-state index contributed by atoms with van der Waals surface area (Å²) >= 11 is 0. The zero-order valence-corrected chi connectivity index (χ0v) is 12.4. The van der Waals surface area contributed by atoms with Crippen LogP contribution in [-0.2, 0) is 6.54 Å². The molecule has 1 rings (SSSR count). The van der Waals surface area contributed by atoms with Crippen molar-refractivity contribution in [3.8, 4) is 5.75 Å². The maximum absolute atomic E-state index is 13.2. The Kier molecular flexibility index (Phi) is 6.25. The standard InChI is InChI=1S/C15H25FN2O/c1-12(2)10-18(8-7-17(3)4)11-13-9-14(16)5-6-15(13)19/h5-6,9,12,19H,7-8,10-11H2,1-4H3. The van der Waals surface area contributed by atoms with Gasteiger partial charge in [0.2, 0.25) is 0 Å². The van der Waals surface area contributed by atoms with Crippen LogP contribution in [-0.4, -0.2) is 48.6 Å². The van der Waals surface area contributed by atoms with Crippen LogP contribution >= 0.6 is 0 Å². The third-order valence-corrected chi connectivity index (χ3v) is 2.92. The van der Waals surface area contributed by atoms with E-state index in [1.54, 1.807) is 0 Å². The summed E-state index contributed by atoms with van der Waals surface area (Å²) in [7, 11) is 4.07. The lowest BCUT2D eigenvalue weighted by Crippen LogP contribution is -2.34. The number of aromatic hydroxyl groups is 1. The number of hydrogen-bond donors (Lipinski definition) is 1. The molecule has 0 aliphatic carbocycles. The number of halogens is 1. The van der Waals surface area contributed by atoms with Gasteiger partial charge in [-0.2, -0.15) is 0 Å². The van der Waals surface area contributed by atoms with Gasteiger partial charge in [-0.15, -0.1) is 0 Å². The number of benzene rings is 1. The highest BCUT2D eigenvalue weighted by atomic mass is 19.1. The summed E-state index contributed by atoms with van der Waals surface area (Å²) in [6, 6.07) is 4.12. The molecule has 0 radical (unpaired) electrons. The second-order valence-electron chi connectivity index (χ2n) is 5.71. The Balaban J connectivity index is 2.72. The molecule has 0 fully saturated rings. The number of rotatable bonds is 7. The van der Waals surface area contributed by atoms with E-state index in [0.29, 0.717) is 18.0 Å². The van der Waals surface area contributed by atoms with Crippen molar-refractivity contribution in [1.82, 2.24) is 9.80 Å². The average molecular weight is 268 g/mol. The molecule has 1 aromatic carbocycles. The van der Waals surface area contributed by atoms with Gasteiger partial charge in [0.15, 0.2) is 0 Å². The van der Waals surface area contributed by atoms with E-state index in [1.165, 1.54) is 18.2 Å². The van der Waals surface area contributed by atoms with Gasteiger partial charge in [-0.05, 0) is 38.2 Å². The van der Waals surface area contributed by atoms with Crippen LogP contribution < -0.4 is 0 Å². The highest BCUT2D eigenvalue weighted by Gasteiger charge is 2.12. The van der Waals surface area contributed by atoms with Gasteiger partial charge in [0.25, 0.3) is 0 Å². The van der Waals surface area contributed by atoms with Crippen LogP contribution in [0.3, 0.4) is 0 Å². The highest BCUT2D eigenvalue weighted by molar-refractivity contribution is 5.32. The monoisotopic (exact) mass is 268 g/mol. The summed E-state index contributed by atoms with van der Waals surface area (Å²) in [6.45, 7) is 7.69. The second kappa shape index (κ2) is 7.46. The van der Waals surface area contributed by atoms with Crippen molar-refractivity contribution in [3.05, 3.63) is 29.6 Å². The van der Waals surface area contributed by atoms with Gasteiger partial charge in [0, 0.05) is 31.7 Å². The van der Waals surface area contributed by atoms with E-state index < -0.39 is 0 Å². The Morgan fingerprint density at radius 3 is 2.47 bits per heavy atom. The topological polar surface area (TPSA) is 26.7 Å². The van der Waals surface area contributed by atoms with E-state index in [4.69, 9.17) is 0 Å². The SMILES string of the molecule is CC(C)CN(CCN(C)C)Cc1cc(F)ccc1O. The number of phenols is 1. The molecule has 4 heteroatoms. The van der Waals surface area contributed by atoms with Crippen molar-refractivity contribution in [2.75, 3.05) is 33.7 Å². The molecular formula is C15H25FN2O. The van der Waals surface area contributed by atoms with Crippen molar-refractivity contribution in [2.45, 2.75) is 20.4 Å². The van der Waals surface area contributed by atoms with Crippen molar-refractivity contribution >= 4 is 0 Å². The second-order valence-corrected chi connectivity index (χ2v) is 5.71. The fraction of sp³-hybridized carbons (Fsp3) is 0.600. The maximum atomic E-state index is 13.2. The van der Waals surface area contributed by atoms with Crippen molar-refractivity contribution in [3.63, 3.8) is 0 Å². The van der Waals surface area contributed by atoms with Gasteiger partial charge in [0.05, 0.1) is 0 Å². The lowest BCUT2D eigenvalue weighted by Gasteiger charge is -2.26. The van der Waals surface area contributed by atoms with Crippen LogP contribution in [0.4, 0.5) is 4.39 Å². The predicted octanol–water partition coefficient (Wildman–Crippen LogP) is 2.55. The molecule has 0 spiro atoms. The van der Waals surface area contributed by atoms with E-state index in [0.717, 1.165) is 19.6 Å². The third kappa shape index (κ3) is 6.03. The number of nitrogens with zero attached hydrogens (tertiary/aromatic N) is 2. The summed E-state index contributed by atoms with van der Waals surface area (Å²) < 4.78 is 13.2. The Morgan fingerprint density at radius 2 is 1.89 bits per heavy atom. The molecule has 3 nitrogen and oxygen atoms in total. The quantitative estimate of drug-likeness (QED) is 0.823. The van der Waals surface area contributed by atoms with E-state index in [-0.39, 0.29) is 11.6 Å². The first-order valence-corrected chi connectivity index (χ1v) is 6.73. The molecule has 0 aliphatic heterocycles. The van der Waals surface area contributed by atoms with Crippen LogP contribution in [0.1, 0.15) is 19.4 Å². The fourth-order valence-electron chi connectivity index (χ4n) is 2.01. The largest absolute Gasteiger partial charge is 0.508 e. The molecule has 0 unspecified atom stereocenters. The minimum Gasteiger partial charge on any atom is -0.508 e. The Hall–Kier alpha value is -1.13. The smallest absolute Gasteiger partial charge is 0.123 e. The highest BCUT2D eigenvalue weighted by Crippen LogP contribution is 2.20. The maximum Gasteiger partial charge on any atom is 0.123 e. The van der Waals surface area contributed by atoms with Gasteiger partial charge >= 0.3 is 0 Å². The summed E-state index contributed by atoms with van der Waals surface area (Å²) in [5.41, 5.74) is 0.652. The fourth-order valence-corrected chi connectivity index (χ4v) is 2.01. The normalized spacial score (nSPS) is 11.8. The molecular weight excluding hydrogens is 243 g/mol. The molecule has 19 heavy (non-hydrogen) atoms. The Bertz CT molecular complexity index is 394. The predicted molar refractivity (Wildman–Crippen MR) is 76.7 cm³/mol. The molecule has 0 aromatic heterocycles. The summed E-state index contributed by atoms with van der Waals surface area (Å²) in [5.74, 6) is 0.405. The van der Waals surface area contributed by atoms with Gasteiger partial charge in [-0.1, -0.05) is 13.8 Å². The van der Waals surface area contributed by atoms with Crippen LogP contribution in [0, 0.1) is 11.7 Å². The summed E-state index contributed by atoms with van der Waals surface area (Å²) in [5, 5.41) is 9.79. The van der Waals surface area contributed by atoms with E-state index in [2.05, 4.69) is 23.6 Å². The number of likely N-dealkylation sites (N-methyl/N-ethyl adjacent to an activating group) is 1. The van der Waals surface area contributed by atoms with E-state index >= 15 is 0 Å². The van der Waals surface area contributed by atoms with Crippen LogP contribution in [0.25, 0.3) is 0 Å². The first-order chi connectivity index (χ1) is 8.88. The zero-order chi connectivity index (χ0) is 14.4. The molecule has 108 valence electrons. The lowest BCUT2D eigenvalue weighted by molar-refractivity contribution is 0.209. The molecule has 1 N–H and O–H groups in total. The number of hydrogen-bond acceptors (Lipinski definition) is 3. The minimum atomic E-state index is -0.301. The molecule has 0 amide bonds. The van der Waals surface area contributed by atoms with Gasteiger partial charge < -0.3 is 10.0 Å². The lowest BCUT2D eigenvalue weighted by atomic mass is 10.1. The Morgan fingerprint density at radius 1 is 1.21 bits per heavy atom. The van der Waals surface area contributed by atoms with Gasteiger partial charge in [0.1, 0.15) is 11.6 Å². The molecule has 0 aliphatic rings. The van der Waals surface area contributed by atoms with E-state index in [9.17, 15) is 9.50 Å². The summed E-state index contributed by atoms with van der Waals surface area (Å²) in [4.78, 5) is 4.37. The molecule has 0 saturated heterocycles. The molecule has 0 heterocycles. The molecule has 0 saturated carbocycles. The first kappa shape index (κ1) is 15.9. The minimum absolute atomic E-state index is 0.167. The van der Waals surface area contributed by atoms with E-state index in [1.807, 2.05) is 14.1 Å². The molecule has 1 aromatic rings. The molecule has 0 bridgehead atoms. The van der Waals surface area contributed by atoms with Crippen LogP contribution in [0.5, 0.6) is 5.75 Å². The molecule has 0 atom stereocenters. The van der Waals surface area contributed by atoms with Crippen molar-refractivity contribution in [1.29, 1.82) is 0 Å². The van der Waals surface area contributed by atoms with Crippen LogP contribution in [0.2, 0.25) is 0 Å². The van der Waals surface area contributed by atoms with Gasteiger partial charge in [-0.3, -0.25) is 4.90 Å². The van der Waals surface area contributed by atoms with Crippen molar-refractivity contribution in [2.24, 2.45) is 5.92 Å². The number of phenolic OH excluding ortho intramolecular Hbond substituents is 1. The zero-order valence-electron chi connectivity index (χ0n) is 12.4.